The molecule has 70 heavy (non-hydrogen) atoms. The Balaban J connectivity index is 0.000000161. The van der Waals surface area contributed by atoms with Crippen LogP contribution in [0.3, 0.4) is 0 Å². The molecule has 21 heteroatoms. The number of benzene rings is 4. The Morgan fingerprint density at radius 3 is 1.80 bits per heavy atom. The molecular weight excluding hydrogens is 961 g/mol. The molecule has 0 aliphatic carbocycles. The van der Waals surface area contributed by atoms with E-state index in [0.29, 0.717) is 66.4 Å². The first-order valence-electron chi connectivity index (χ1n) is 22.9. The second kappa shape index (κ2) is 21.6. The number of hydrogen-bond acceptors (Lipinski definition) is 9. The number of rotatable bonds is 7. The molecule has 0 bridgehead atoms. The minimum atomic E-state index is -4.46. The quantitative estimate of drug-likeness (QED) is 0.133. The number of carbonyl (C=O) groups is 1. The van der Waals surface area contributed by atoms with Crippen molar-refractivity contribution >= 4 is 29.2 Å². The average Bonchev–Trinajstić information content (AvgIpc) is 4.16. The van der Waals surface area contributed by atoms with Crippen molar-refractivity contribution in [2.24, 2.45) is 5.73 Å². The summed E-state index contributed by atoms with van der Waals surface area (Å²) in [6.45, 7) is 7.20. The van der Waals surface area contributed by atoms with E-state index in [4.69, 9.17) is 38.4 Å². The zero-order chi connectivity index (χ0) is 49.7. The molecule has 4 aliphatic rings. The highest BCUT2D eigenvalue weighted by Crippen LogP contribution is 2.40. The third-order valence-electron chi connectivity index (χ3n) is 12.4. The number of hydrogen-bond donors (Lipinski definition) is 3. The Morgan fingerprint density at radius 2 is 1.24 bits per heavy atom. The Morgan fingerprint density at radius 1 is 0.714 bits per heavy atom. The van der Waals surface area contributed by atoms with E-state index in [1.54, 1.807) is 4.90 Å². The molecule has 2 amide bonds. The van der Waals surface area contributed by atoms with Crippen LogP contribution >= 0.6 is 23.2 Å². The van der Waals surface area contributed by atoms with Crippen molar-refractivity contribution in [2.45, 2.75) is 102 Å². The van der Waals surface area contributed by atoms with Gasteiger partial charge >= 0.3 is 18.4 Å². The van der Waals surface area contributed by atoms with Crippen molar-refractivity contribution in [1.82, 2.24) is 45.1 Å². The van der Waals surface area contributed by atoms with Gasteiger partial charge in [-0.1, -0.05) is 59.6 Å². The van der Waals surface area contributed by atoms with Gasteiger partial charge in [-0.15, -0.1) is 0 Å². The number of aryl methyl sites for hydroxylation is 2. The van der Waals surface area contributed by atoms with E-state index in [2.05, 4.69) is 30.8 Å². The lowest BCUT2D eigenvalue weighted by Gasteiger charge is -2.31. The van der Waals surface area contributed by atoms with Crippen LogP contribution in [0.4, 0.5) is 31.1 Å². The van der Waals surface area contributed by atoms with Gasteiger partial charge in [0.05, 0.1) is 55.6 Å². The molecule has 6 aromatic rings. The number of carbonyl (C=O) groups excluding carboxylic acids is 1. The molecule has 2 aromatic heterocycles. The summed E-state index contributed by atoms with van der Waals surface area (Å²) >= 11 is 11.9. The van der Waals surface area contributed by atoms with Gasteiger partial charge in [-0.25, -0.2) is 24.1 Å². The lowest BCUT2D eigenvalue weighted by molar-refractivity contribution is -0.138. The summed E-state index contributed by atoms with van der Waals surface area (Å²) in [6, 6.07) is 21.3. The molecule has 4 aromatic carbocycles. The van der Waals surface area contributed by atoms with Crippen LogP contribution in [0, 0.1) is 13.8 Å². The second-order valence-electron chi connectivity index (χ2n) is 17.5. The number of ether oxygens (including phenoxy) is 2. The summed E-state index contributed by atoms with van der Waals surface area (Å²) in [5.74, 6) is 3.60. The molecule has 4 aliphatic heterocycles. The predicted molar refractivity (Wildman–Crippen MR) is 251 cm³/mol. The van der Waals surface area contributed by atoms with E-state index in [9.17, 15) is 31.1 Å². The number of amides is 2. The van der Waals surface area contributed by atoms with E-state index < -0.39 is 29.5 Å². The monoisotopic (exact) mass is 1010 g/mol. The summed E-state index contributed by atoms with van der Waals surface area (Å²) in [5, 5.41) is 16.9. The molecule has 0 spiro atoms. The molecular formula is C49H52Cl2F6N10O3. The number of fused-ring (bicyclic) bond motifs is 2. The standard InChI is InChI=1S/C25H25ClF3N5O2.C14H17ClN4.C10H10F3NO/c1-15-30-23(34(32-15)14-16-4-7-18(26)8-5-16)21-3-2-11-33(21)24(35)31-20-10-12-36-22-13-17(25(27,28)29)6-9-19(20)22;1-10-17-14(13-3-2-8-16-13)19(18-10)9-11-4-6-12(15)7-5-11;11-10(12,13)6-1-2-7-8(14)3-4-15-9(7)5-6/h4-9,13,20-21H,2-3,10-12,14H2,1H3,(H,31,35);4-7,13,16H,2-3,8-9H2,1H3;1-2,5,8H,3-4,14H2/t20-,21+;13-;/m01./s1. The molecule has 4 atom stereocenters. The van der Waals surface area contributed by atoms with Gasteiger partial charge in [0.15, 0.2) is 0 Å². The number of aromatic nitrogens is 6. The van der Waals surface area contributed by atoms with E-state index in [1.165, 1.54) is 24.1 Å². The fraction of sp³-hybridized carbons (Fsp3) is 0.408. The Kier molecular flexibility index (Phi) is 15.6. The van der Waals surface area contributed by atoms with Crippen LogP contribution in [-0.4, -0.2) is 66.8 Å². The maximum Gasteiger partial charge on any atom is 0.416 e. The van der Waals surface area contributed by atoms with Gasteiger partial charge in [0, 0.05) is 46.6 Å². The molecule has 0 radical (unpaired) electrons. The van der Waals surface area contributed by atoms with E-state index in [1.807, 2.05) is 71.7 Å². The first kappa shape index (κ1) is 50.5. The first-order chi connectivity index (χ1) is 33.4. The topological polar surface area (TPSA) is 150 Å². The number of likely N-dealkylation sites (tertiary alicyclic amines) is 1. The Hall–Kier alpha value is -5.89. The predicted octanol–water partition coefficient (Wildman–Crippen LogP) is 10.9. The molecule has 6 heterocycles. The van der Waals surface area contributed by atoms with Crippen molar-refractivity contribution in [3.63, 3.8) is 0 Å². The Bertz CT molecular complexity index is 2740. The van der Waals surface area contributed by atoms with Crippen LogP contribution in [0.5, 0.6) is 11.5 Å². The fourth-order valence-electron chi connectivity index (χ4n) is 8.93. The SMILES string of the molecule is Cc1nc([C@H]2CCCN2)n(Cc2ccc(Cl)cc2)n1.Cc1nc([C@H]2CCCN2C(=O)N[C@H]2CCOc3cc(C(F)(F)F)ccc32)n(Cc2ccc(Cl)cc2)n1.NC1CCOc2cc(C(F)(F)F)ccc21. The van der Waals surface area contributed by atoms with Crippen LogP contribution in [0.1, 0.15) is 119 Å². The maximum atomic E-state index is 13.4. The number of nitrogens with one attached hydrogen (secondary N) is 2. The zero-order valence-electron chi connectivity index (χ0n) is 38.3. The highest BCUT2D eigenvalue weighted by atomic mass is 35.5. The van der Waals surface area contributed by atoms with Gasteiger partial charge in [0.1, 0.15) is 34.8 Å². The van der Waals surface area contributed by atoms with Gasteiger partial charge in [0.2, 0.25) is 0 Å². The molecule has 2 fully saturated rings. The number of urea groups is 1. The highest BCUT2D eigenvalue weighted by molar-refractivity contribution is 6.30. The highest BCUT2D eigenvalue weighted by Gasteiger charge is 2.37. The van der Waals surface area contributed by atoms with Crippen molar-refractivity contribution < 1.29 is 40.6 Å². The molecule has 2 saturated heterocycles. The fourth-order valence-corrected chi connectivity index (χ4v) is 9.18. The maximum absolute atomic E-state index is 13.4. The number of nitrogens with zero attached hydrogens (tertiary/aromatic N) is 7. The summed E-state index contributed by atoms with van der Waals surface area (Å²) in [5.41, 5.74) is 7.66. The summed E-state index contributed by atoms with van der Waals surface area (Å²) < 4.78 is 90.9. The van der Waals surface area contributed by atoms with Gasteiger partial charge < -0.3 is 30.7 Å². The zero-order valence-corrected chi connectivity index (χ0v) is 39.8. The molecule has 13 nitrogen and oxygen atoms in total. The van der Waals surface area contributed by atoms with Gasteiger partial charge in [-0.3, -0.25) is 0 Å². The molecule has 372 valence electrons. The van der Waals surface area contributed by atoms with Crippen LogP contribution in [0.15, 0.2) is 84.9 Å². The van der Waals surface area contributed by atoms with Crippen LogP contribution in [0.25, 0.3) is 0 Å². The smallest absolute Gasteiger partial charge is 0.416 e. The molecule has 10 rings (SSSR count). The lowest BCUT2D eigenvalue weighted by atomic mass is 9.98. The third kappa shape index (κ3) is 12.3. The summed E-state index contributed by atoms with van der Waals surface area (Å²) in [7, 11) is 0. The van der Waals surface area contributed by atoms with Crippen LogP contribution < -0.4 is 25.8 Å². The van der Waals surface area contributed by atoms with Gasteiger partial charge in [-0.05, 0) is 106 Å². The Labute approximate surface area is 410 Å². The van der Waals surface area contributed by atoms with E-state index in [0.717, 1.165) is 78.9 Å². The number of nitrogens with two attached hydrogens (primary N) is 1. The van der Waals surface area contributed by atoms with Crippen LogP contribution in [-0.2, 0) is 25.4 Å². The third-order valence-corrected chi connectivity index (χ3v) is 12.9. The lowest BCUT2D eigenvalue weighted by Crippen LogP contribution is -2.43. The van der Waals surface area contributed by atoms with Crippen molar-refractivity contribution in [3.05, 3.63) is 152 Å². The van der Waals surface area contributed by atoms with Gasteiger partial charge in [-0.2, -0.15) is 36.5 Å². The van der Waals surface area contributed by atoms with Crippen molar-refractivity contribution in [2.75, 3.05) is 26.3 Å². The normalized spacial score (nSPS) is 19.7. The van der Waals surface area contributed by atoms with Crippen molar-refractivity contribution in [3.8, 4) is 11.5 Å². The number of alkyl halides is 6. The minimum absolute atomic E-state index is 0.151. The average molecular weight is 1010 g/mol. The molecule has 0 saturated carbocycles. The number of halogens is 8. The first-order valence-corrected chi connectivity index (χ1v) is 23.7. The van der Waals surface area contributed by atoms with E-state index in [-0.39, 0.29) is 36.2 Å². The molecule has 4 N–H and O–H groups in total. The summed E-state index contributed by atoms with van der Waals surface area (Å²) in [6.07, 6.45) is -3.80. The minimum Gasteiger partial charge on any atom is -0.493 e. The second-order valence-corrected chi connectivity index (χ2v) is 18.4. The van der Waals surface area contributed by atoms with E-state index >= 15 is 0 Å². The largest absolute Gasteiger partial charge is 0.493 e. The van der Waals surface area contributed by atoms with Gasteiger partial charge in [0.25, 0.3) is 0 Å². The van der Waals surface area contributed by atoms with Crippen molar-refractivity contribution in [1.29, 1.82) is 0 Å². The van der Waals surface area contributed by atoms with Crippen LogP contribution in [0.2, 0.25) is 10.0 Å². The summed E-state index contributed by atoms with van der Waals surface area (Å²) in [4.78, 5) is 24.3. The molecule has 1 unspecified atom stereocenters.